The van der Waals surface area contributed by atoms with Crippen LogP contribution in [0.4, 0.5) is 22.1 Å². The molecule has 1 fully saturated rings. The van der Waals surface area contributed by atoms with Gasteiger partial charge in [0.15, 0.2) is 0 Å². The number of ether oxygens (including phenoxy) is 3. The highest BCUT2D eigenvalue weighted by atomic mass is 16.6. The molecule has 9 heteroatoms. The molecule has 1 aromatic heterocycles. The molecule has 3 aliphatic heterocycles. The second-order valence-corrected chi connectivity index (χ2v) is 9.65. The highest BCUT2D eigenvalue weighted by molar-refractivity contribution is 5.78. The first-order valence-electron chi connectivity index (χ1n) is 11.8. The minimum absolute atomic E-state index is 0.271. The van der Waals surface area contributed by atoms with Gasteiger partial charge in [0.05, 0.1) is 24.5 Å². The van der Waals surface area contributed by atoms with E-state index in [2.05, 4.69) is 38.4 Å². The Morgan fingerprint density at radius 1 is 1.15 bits per heavy atom. The molecule has 1 amide bonds. The summed E-state index contributed by atoms with van der Waals surface area (Å²) in [7, 11) is 0. The van der Waals surface area contributed by atoms with E-state index in [-0.39, 0.29) is 6.09 Å². The van der Waals surface area contributed by atoms with Gasteiger partial charge in [-0.15, -0.1) is 0 Å². The third-order valence-electron chi connectivity index (χ3n) is 6.07. The van der Waals surface area contributed by atoms with Gasteiger partial charge in [0.25, 0.3) is 0 Å². The minimum atomic E-state index is -0.495. The van der Waals surface area contributed by atoms with Crippen molar-refractivity contribution < 1.29 is 19.0 Å². The number of carbonyl (C=O) groups excluding carboxylic acids is 1. The largest absolute Gasteiger partial charge is 0.486 e. The molecule has 34 heavy (non-hydrogen) atoms. The summed E-state index contributed by atoms with van der Waals surface area (Å²) < 4.78 is 17.1. The first-order chi connectivity index (χ1) is 16.4. The Bertz CT molecular complexity index is 1100. The lowest BCUT2D eigenvalue weighted by molar-refractivity contribution is 0.0270. The number of aromatic nitrogens is 2. The topological polar surface area (TPSA) is 89.0 Å². The molecule has 1 N–H and O–H groups in total. The molecule has 0 spiro atoms. The molecule has 0 radical (unpaired) electrons. The lowest BCUT2D eigenvalue weighted by atomic mass is 9.99. The van der Waals surface area contributed by atoms with E-state index >= 15 is 0 Å². The van der Waals surface area contributed by atoms with E-state index < -0.39 is 5.60 Å². The zero-order chi connectivity index (χ0) is 23.7. The number of carbonyl (C=O) groups is 1. The van der Waals surface area contributed by atoms with Crippen LogP contribution in [0.2, 0.25) is 0 Å². The van der Waals surface area contributed by atoms with E-state index in [4.69, 9.17) is 14.2 Å². The molecule has 3 aliphatic rings. The second kappa shape index (κ2) is 9.13. The summed E-state index contributed by atoms with van der Waals surface area (Å²) in [4.78, 5) is 25.4. The highest BCUT2D eigenvalue weighted by Crippen LogP contribution is 2.38. The van der Waals surface area contributed by atoms with Gasteiger partial charge in [-0.1, -0.05) is 12.1 Å². The van der Waals surface area contributed by atoms with Gasteiger partial charge >= 0.3 is 6.09 Å². The van der Waals surface area contributed by atoms with Crippen molar-refractivity contribution in [1.82, 2.24) is 14.9 Å². The predicted molar refractivity (Wildman–Crippen MR) is 130 cm³/mol. The molecule has 1 aromatic carbocycles. The highest BCUT2D eigenvalue weighted by Gasteiger charge is 2.26. The number of fused-ring (bicyclic) bond motifs is 2. The molecule has 4 heterocycles. The van der Waals surface area contributed by atoms with Crippen molar-refractivity contribution in [1.29, 1.82) is 0 Å². The van der Waals surface area contributed by atoms with Crippen LogP contribution in [0.15, 0.2) is 30.6 Å². The third kappa shape index (κ3) is 4.79. The average Bonchev–Trinajstić information content (AvgIpc) is 3.02. The zero-order valence-electron chi connectivity index (χ0n) is 20.0. The Labute approximate surface area is 199 Å². The monoisotopic (exact) mass is 465 g/mol. The molecule has 9 nitrogen and oxygen atoms in total. The molecular formula is C25H31N5O4. The first-order valence-corrected chi connectivity index (χ1v) is 11.8. The Kier molecular flexibility index (Phi) is 6.03. The summed E-state index contributed by atoms with van der Waals surface area (Å²) in [5.41, 5.74) is 3.63. The molecule has 1 saturated heterocycles. The van der Waals surface area contributed by atoms with Crippen molar-refractivity contribution in [2.75, 3.05) is 49.6 Å². The van der Waals surface area contributed by atoms with Gasteiger partial charge in [0, 0.05) is 26.2 Å². The van der Waals surface area contributed by atoms with E-state index in [1.54, 1.807) is 11.2 Å². The number of rotatable bonds is 2. The van der Waals surface area contributed by atoms with Gasteiger partial charge in [-0.25, -0.2) is 14.8 Å². The number of hydrogen-bond donors (Lipinski definition) is 1. The number of morpholine rings is 1. The van der Waals surface area contributed by atoms with Crippen LogP contribution < -0.4 is 15.0 Å². The van der Waals surface area contributed by atoms with E-state index in [1.807, 2.05) is 26.8 Å². The van der Waals surface area contributed by atoms with Crippen molar-refractivity contribution in [2.24, 2.45) is 0 Å². The molecule has 2 aromatic rings. The SMILES string of the molecule is CC(C)(C)OC(=O)N1CC=C(c2ccc3c(c2)Nc2ncnc(N4CCOCC4)c2CO3)CC1. The maximum absolute atomic E-state index is 12.4. The van der Waals surface area contributed by atoms with Gasteiger partial charge < -0.3 is 29.3 Å². The van der Waals surface area contributed by atoms with Gasteiger partial charge in [0.1, 0.15) is 35.9 Å². The maximum atomic E-state index is 12.4. The maximum Gasteiger partial charge on any atom is 0.410 e. The molecule has 0 aliphatic carbocycles. The van der Waals surface area contributed by atoms with Crippen molar-refractivity contribution in [3.05, 3.63) is 41.7 Å². The molecule has 5 rings (SSSR count). The smallest absolute Gasteiger partial charge is 0.410 e. The van der Waals surface area contributed by atoms with E-state index in [1.165, 1.54) is 5.57 Å². The quantitative estimate of drug-likeness (QED) is 0.713. The Hall–Kier alpha value is -3.33. The summed E-state index contributed by atoms with van der Waals surface area (Å²) in [6.07, 6.45) is 4.19. The van der Waals surface area contributed by atoms with Crippen molar-refractivity contribution in [3.8, 4) is 5.75 Å². The molecule has 0 atom stereocenters. The van der Waals surface area contributed by atoms with Crippen LogP contribution in [-0.2, 0) is 16.1 Å². The van der Waals surface area contributed by atoms with E-state index in [0.29, 0.717) is 32.9 Å². The normalized spacial score (nSPS) is 18.0. The molecular weight excluding hydrogens is 434 g/mol. The van der Waals surface area contributed by atoms with Gasteiger partial charge in [-0.05, 0) is 50.5 Å². The third-order valence-corrected chi connectivity index (χ3v) is 6.07. The van der Waals surface area contributed by atoms with Crippen LogP contribution in [0.3, 0.4) is 0 Å². The summed E-state index contributed by atoms with van der Waals surface area (Å²) in [6.45, 7) is 10.2. The Morgan fingerprint density at radius 2 is 1.97 bits per heavy atom. The number of hydrogen-bond acceptors (Lipinski definition) is 8. The summed E-state index contributed by atoms with van der Waals surface area (Å²) >= 11 is 0. The van der Waals surface area contributed by atoms with Gasteiger partial charge in [-0.3, -0.25) is 0 Å². The van der Waals surface area contributed by atoms with Crippen LogP contribution >= 0.6 is 0 Å². The van der Waals surface area contributed by atoms with E-state index in [9.17, 15) is 4.79 Å². The number of benzene rings is 1. The van der Waals surface area contributed by atoms with Crippen molar-refractivity contribution in [3.63, 3.8) is 0 Å². The standard InChI is InChI=1S/C25H31N5O4/c1-25(2,3)34-24(31)30-8-6-17(7-9-30)18-4-5-21-20(14-18)28-22-19(15-33-21)23(27-16-26-22)29-10-12-32-13-11-29/h4-6,14,16H,7-13,15H2,1-3H3,(H,26,27,28). The van der Waals surface area contributed by atoms with Crippen molar-refractivity contribution >= 4 is 29.0 Å². The predicted octanol–water partition coefficient (Wildman–Crippen LogP) is 3.97. The molecule has 0 saturated carbocycles. The van der Waals surface area contributed by atoms with Crippen LogP contribution in [0.25, 0.3) is 5.57 Å². The Balaban J connectivity index is 1.34. The van der Waals surface area contributed by atoms with Crippen molar-refractivity contribution in [2.45, 2.75) is 39.4 Å². The molecule has 0 unspecified atom stereocenters. The van der Waals surface area contributed by atoms with E-state index in [0.717, 1.165) is 53.7 Å². The second-order valence-electron chi connectivity index (χ2n) is 9.65. The summed E-state index contributed by atoms with van der Waals surface area (Å²) in [6, 6.07) is 6.16. The fourth-order valence-corrected chi connectivity index (χ4v) is 4.35. The fourth-order valence-electron chi connectivity index (χ4n) is 4.35. The minimum Gasteiger partial charge on any atom is -0.486 e. The summed E-state index contributed by atoms with van der Waals surface area (Å²) in [5, 5.41) is 3.47. The number of nitrogens with one attached hydrogen (secondary N) is 1. The van der Waals surface area contributed by atoms with Crippen LogP contribution in [0.1, 0.15) is 38.3 Å². The molecule has 0 bridgehead atoms. The van der Waals surface area contributed by atoms with Crippen LogP contribution in [0.5, 0.6) is 5.75 Å². The first kappa shape index (κ1) is 22.5. The number of amides is 1. The van der Waals surface area contributed by atoms with Crippen LogP contribution in [0, 0.1) is 0 Å². The number of nitrogens with zero attached hydrogens (tertiary/aromatic N) is 4. The number of anilines is 3. The molecule has 180 valence electrons. The fraction of sp³-hybridized carbons (Fsp3) is 0.480. The van der Waals surface area contributed by atoms with Gasteiger partial charge in [0.2, 0.25) is 0 Å². The zero-order valence-corrected chi connectivity index (χ0v) is 20.0. The average molecular weight is 466 g/mol. The summed E-state index contributed by atoms with van der Waals surface area (Å²) in [5.74, 6) is 2.44. The van der Waals surface area contributed by atoms with Gasteiger partial charge in [-0.2, -0.15) is 0 Å². The lowest BCUT2D eigenvalue weighted by Gasteiger charge is -2.29. The van der Waals surface area contributed by atoms with Crippen LogP contribution in [-0.4, -0.2) is 66.0 Å². The lowest BCUT2D eigenvalue weighted by Crippen LogP contribution is -2.39. The Morgan fingerprint density at radius 3 is 2.71 bits per heavy atom.